The molecule has 0 amide bonds. The summed E-state index contributed by atoms with van der Waals surface area (Å²) in [5.74, 6) is 2.12. The van der Waals surface area contributed by atoms with Gasteiger partial charge >= 0.3 is 0 Å². The molecular formula is C23H28ClN5. The van der Waals surface area contributed by atoms with Crippen molar-refractivity contribution in [2.75, 3.05) is 37.6 Å². The lowest BCUT2D eigenvalue weighted by molar-refractivity contribution is 0.362. The van der Waals surface area contributed by atoms with E-state index in [0.29, 0.717) is 0 Å². The highest BCUT2D eigenvalue weighted by Crippen LogP contribution is 2.37. The van der Waals surface area contributed by atoms with Crippen LogP contribution in [0.25, 0.3) is 5.70 Å². The van der Waals surface area contributed by atoms with Gasteiger partial charge in [0.05, 0.1) is 17.3 Å². The number of aromatic nitrogens is 2. The number of fused-ring (bicyclic) bond motifs is 2. The second-order valence-electron chi connectivity index (χ2n) is 8.05. The zero-order valence-electron chi connectivity index (χ0n) is 17.0. The van der Waals surface area contributed by atoms with E-state index in [4.69, 9.17) is 21.6 Å². The molecule has 1 N–H and O–H groups in total. The Labute approximate surface area is 177 Å². The van der Waals surface area contributed by atoms with Crippen LogP contribution in [-0.2, 0) is 25.8 Å². The van der Waals surface area contributed by atoms with Gasteiger partial charge in [0, 0.05) is 56.0 Å². The Morgan fingerprint density at radius 2 is 1.93 bits per heavy atom. The molecule has 0 spiro atoms. The minimum atomic E-state index is 0.834. The van der Waals surface area contributed by atoms with Crippen molar-refractivity contribution < 1.29 is 0 Å². The third kappa shape index (κ3) is 3.51. The zero-order chi connectivity index (χ0) is 19.8. The van der Waals surface area contributed by atoms with E-state index in [1.165, 1.54) is 33.9 Å². The molecule has 0 saturated carbocycles. The van der Waals surface area contributed by atoms with Crippen molar-refractivity contribution in [3.8, 4) is 0 Å². The number of piperazine rings is 1. The highest BCUT2D eigenvalue weighted by atomic mass is 35.5. The summed E-state index contributed by atoms with van der Waals surface area (Å²) in [7, 11) is 0. The smallest absolute Gasteiger partial charge is 0.136 e. The van der Waals surface area contributed by atoms with Gasteiger partial charge in [0.15, 0.2) is 0 Å². The van der Waals surface area contributed by atoms with E-state index >= 15 is 0 Å². The Kier molecular flexibility index (Phi) is 5.18. The van der Waals surface area contributed by atoms with Crippen molar-refractivity contribution in [1.29, 1.82) is 0 Å². The summed E-state index contributed by atoms with van der Waals surface area (Å²) >= 11 is 6.63. The first kappa shape index (κ1) is 18.9. The quantitative estimate of drug-likeness (QED) is 0.841. The summed E-state index contributed by atoms with van der Waals surface area (Å²) < 4.78 is 0. The number of nitrogens with zero attached hydrogens (tertiary/aromatic N) is 4. The van der Waals surface area contributed by atoms with E-state index in [-0.39, 0.29) is 0 Å². The minimum absolute atomic E-state index is 0.834. The van der Waals surface area contributed by atoms with Crippen LogP contribution in [0.15, 0.2) is 24.3 Å². The third-order valence-corrected chi connectivity index (χ3v) is 6.59. The Balaban J connectivity index is 1.49. The monoisotopic (exact) mass is 409 g/mol. The highest BCUT2D eigenvalue weighted by molar-refractivity contribution is 6.32. The fourth-order valence-electron chi connectivity index (χ4n) is 4.78. The number of aryl methyl sites for hydroxylation is 2. The molecule has 0 bridgehead atoms. The molecule has 1 aromatic heterocycles. The van der Waals surface area contributed by atoms with E-state index in [2.05, 4.69) is 40.2 Å². The van der Waals surface area contributed by atoms with E-state index in [1.54, 1.807) is 0 Å². The summed E-state index contributed by atoms with van der Waals surface area (Å²) in [6.45, 7) is 8.04. The molecule has 2 aliphatic heterocycles. The summed E-state index contributed by atoms with van der Waals surface area (Å²) in [6.07, 6.45) is 6.35. The average Bonchev–Trinajstić information content (AvgIpc) is 2.78. The molecule has 1 saturated heterocycles. The Morgan fingerprint density at radius 3 is 2.76 bits per heavy atom. The minimum Gasteiger partial charge on any atom is -0.365 e. The fourth-order valence-corrected chi connectivity index (χ4v) is 5.07. The molecule has 6 heteroatoms. The Morgan fingerprint density at radius 1 is 1.07 bits per heavy atom. The van der Waals surface area contributed by atoms with Gasteiger partial charge < -0.3 is 15.1 Å². The molecule has 5 nitrogen and oxygen atoms in total. The molecule has 0 unspecified atom stereocenters. The lowest BCUT2D eigenvalue weighted by Crippen LogP contribution is -2.45. The van der Waals surface area contributed by atoms with Crippen molar-refractivity contribution in [2.45, 2.75) is 39.2 Å². The lowest BCUT2D eigenvalue weighted by atomic mass is 9.92. The molecule has 2 aromatic rings. The largest absolute Gasteiger partial charge is 0.365 e. The van der Waals surface area contributed by atoms with Crippen molar-refractivity contribution in [3.05, 3.63) is 57.5 Å². The number of hydrogen-bond donors (Lipinski definition) is 1. The molecule has 1 fully saturated rings. The van der Waals surface area contributed by atoms with Crippen LogP contribution < -0.4 is 10.2 Å². The SMILES string of the molecule is CCc1nc2c(c(N3CCNCC3)n1)CCN(C1=CCCc3cccc(Cl)c31)C2. The summed E-state index contributed by atoms with van der Waals surface area (Å²) in [4.78, 5) is 14.8. The summed E-state index contributed by atoms with van der Waals surface area (Å²) in [6, 6.07) is 6.29. The third-order valence-electron chi connectivity index (χ3n) is 6.27. The van der Waals surface area contributed by atoms with Crippen LogP contribution in [0.5, 0.6) is 0 Å². The van der Waals surface area contributed by atoms with E-state index in [0.717, 1.165) is 75.8 Å². The number of rotatable bonds is 3. The predicted octanol–water partition coefficient (Wildman–Crippen LogP) is 3.45. The molecular weight excluding hydrogens is 382 g/mol. The molecule has 5 rings (SSSR count). The van der Waals surface area contributed by atoms with Crippen molar-refractivity contribution >= 4 is 23.1 Å². The van der Waals surface area contributed by atoms with Crippen LogP contribution in [-0.4, -0.2) is 47.6 Å². The van der Waals surface area contributed by atoms with E-state index < -0.39 is 0 Å². The molecule has 3 heterocycles. The number of allylic oxidation sites excluding steroid dienone is 1. The number of hydrogen-bond acceptors (Lipinski definition) is 5. The maximum Gasteiger partial charge on any atom is 0.136 e. The fraction of sp³-hybridized carbons (Fsp3) is 0.478. The van der Waals surface area contributed by atoms with Gasteiger partial charge in [0.2, 0.25) is 0 Å². The number of halogens is 1. The number of nitrogens with one attached hydrogen (secondary N) is 1. The van der Waals surface area contributed by atoms with Crippen LogP contribution in [0.2, 0.25) is 5.02 Å². The van der Waals surface area contributed by atoms with Crippen molar-refractivity contribution in [1.82, 2.24) is 20.2 Å². The summed E-state index contributed by atoms with van der Waals surface area (Å²) in [5.41, 5.74) is 6.39. The average molecular weight is 410 g/mol. The maximum atomic E-state index is 6.63. The molecule has 1 aliphatic carbocycles. The predicted molar refractivity (Wildman–Crippen MR) is 118 cm³/mol. The van der Waals surface area contributed by atoms with Crippen LogP contribution >= 0.6 is 11.6 Å². The molecule has 3 aliphatic rings. The zero-order valence-corrected chi connectivity index (χ0v) is 17.8. The first-order valence-corrected chi connectivity index (χ1v) is 11.2. The lowest BCUT2D eigenvalue weighted by Gasteiger charge is -2.37. The molecule has 0 radical (unpaired) electrons. The molecule has 152 valence electrons. The van der Waals surface area contributed by atoms with Gasteiger partial charge in [-0.15, -0.1) is 0 Å². The van der Waals surface area contributed by atoms with Gasteiger partial charge in [-0.05, 0) is 30.9 Å². The first-order valence-electron chi connectivity index (χ1n) is 10.8. The molecule has 1 aromatic carbocycles. The second kappa shape index (κ2) is 7.96. The van der Waals surface area contributed by atoms with Crippen LogP contribution in [0, 0.1) is 0 Å². The van der Waals surface area contributed by atoms with Gasteiger partial charge in [-0.3, -0.25) is 0 Å². The van der Waals surface area contributed by atoms with Crippen LogP contribution in [0.3, 0.4) is 0 Å². The topological polar surface area (TPSA) is 44.3 Å². The van der Waals surface area contributed by atoms with Crippen LogP contribution in [0.1, 0.15) is 41.6 Å². The van der Waals surface area contributed by atoms with Gasteiger partial charge in [-0.1, -0.05) is 36.7 Å². The highest BCUT2D eigenvalue weighted by Gasteiger charge is 2.28. The van der Waals surface area contributed by atoms with Crippen molar-refractivity contribution in [3.63, 3.8) is 0 Å². The molecule has 0 atom stereocenters. The Bertz CT molecular complexity index is 949. The summed E-state index contributed by atoms with van der Waals surface area (Å²) in [5, 5.41) is 4.30. The van der Waals surface area contributed by atoms with Crippen LogP contribution in [0.4, 0.5) is 5.82 Å². The number of anilines is 1. The van der Waals surface area contributed by atoms with Gasteiger partial charge in [-0.25, -0.2) is 9.97 Å². The standard InChI is InChI=1S/C23H28ClN5/c1-2-21-26-19-15-29(20-8-4-6-16-5-3-7-18(24)22(16)20)12-9-17(19)23(27-21)28-13-10-25-11-14-28/h3,5,7-8,25H,2,4,6,9-15H2,1H3. The number of benzene rings is 1. The van der Waals surface area contributed by atoms with E-state index in [9.17, 15) is 0 Å². The Hall–Kier alpha value is -2.11. The van der Waals surface area contributed by atoms with Gasteiger partial charge in [0.1, 0.15) is 11.6 Å². The van der Waals surface area contributed by atoms with Crippen molar-refractivity contribution in [2.24, 2.45) is 0 Å². The van der Waals surface area contributed by atoms with E-state index in [1.807, 2.05) is 6.07 Å². The second-order valence-corrected chi connectivity index (χ2v) is 8.46. The molecule has 29 heavy (non-hydrogen) atoms. The maximum absolute atomic E-state index is 6.63. The first-order chi connectivity index (χ1) is 14.2. The van der Waals surface area contributed by atoms with Gasteiger partial charge in [-0.2, -0.15) is 0 Å². The normalized spacial score (nSPS) is 18.9. The van der Waals surface area contributed by atoms with Gasteiger partial charge in [0.25, 0.3) is 0 Å².